The summed E-state index contributed by atoms with van der Waals surface area (Å²) >= 11 is 6.21. The van der Waals surface area contributed by atoms with Crippen LogP contribution in [-0.2, 0) is 14.6 Å². The molecule has 8 nitrogen and oxygen atoms in total. The number of carbonyl (C=O) groups excluding carboxylic acids is 1. The van der Waals surface area contributed by atoms with Crippen LogP contribution in [-0.4, -0.2) is 48.8 Å². The van der Waals surface area contributed by atoms with Crippen molar-refractivity contribution in [3.8, 4) is 22.8 Å². The second-order valence-electron chi connectivity index (χ2n) is 9.85. The van der Waals surface area contributed by atoms with E-state index in [9.17, 15) is 13.2 Å². The number of hydrogen-bond donors (Lipinski definition) is 1. The normalized spacial score (nSPS) is 16.6. The second-order valence-corrected chi connectivity index (χ2v) is 12.5. The average molecular weight is 546 g/mol. The molecule has 1 saturated heterocycles. The number of halogens is 1. The lowest BCUT2D eigenvalue weighted by molar-refractivity contribution is -0.118. The van der Waals surface area contributed by atoms with Crippen molar-refractivity contribution < 1.29 is 22.7 Å². The van der Waals surface area contributed by atoms with Crippen LogP contribution < -0.4 is 14.8 Å². The Hall–Kier alpha value is -3.04. The summed E-state index contributed by atoms with van der Waals surface area (Å²) in [5, 5.41) is 8.19. The van der Waals surface area contributed by atoms with Crippen LogP contribution in [0.15, 0.2) is 42.5 Å². The molecule has 198 valence electrons. The van der Waals surface area contributed by atoms with Gasteiger partial charge in [0.2, 0.25) is 0 Å². The number of nitrogens with one attached hydrogen (secondary N) is 1. The van der Waals surface area contributed by atoms with E-state index in [0.717, 1.165) is 22.4 Å². The molecule has 1 atom stereocenters. The van der Waals surface area contributed by atoms with Gasteiger partial charge in [0.25, 0.3) is 5.91 Å². The van der Waals surface area contributed by atoms with Crippen molar-refractivity contribution in [3.05, 3.63) is 58.6 Å². The maximum absolute atomic E-state index is 12.8. The van der Waals surface area contributed by atoms with Crippen molar-refractivity contribution in [2.24, 2.45) is 5.92 Å². The number of anilines is 1. The van der Waals surface area contributed by atoms with Gasteiger partial charge >= 0.3 is 0 Å². The molecule has 1 N–H and O–H groups in total. The van der Waals surface area contributed by atoms with Gasteiger partial charge in [0.15, 0.2) is 16.4 Å². The summed E-state index contributed by atoms with van der Waals surface area (Å²) in [6.07, 6.45) is 0.439. The van der Waals surface area contributed by atoms with Gasteiger partial charge < -0.3 is 14.8 Å². The Bertz CT molecular complexity index is 1360. The Morgan fingerprint density at radius 2 is 1.78 bits per heavy atom. The number of rotatable bonds is 9. The van der Waals surface area contributed by atoms with E-state index >= 15 is 0 Å². The van der Waals surface area contributed by atoms with Gasteiger partial charge in [0, 0.05) is 16.7 Å². The van der Waals surface area contributed by atoms with E-state index in [2.05, 4.69) is 24.3 Å². The number of ether oxygens (including phenoxy) is 2. The zero-order chi connectivity index (χ0) is 26.7. The molecular formula is C27H32ClN3O5S. The number of aryl methyl sites for hydroxylation is 2. The van der Waals surface area contributed by atoms with Gasteiger partial charge in [-0.1, -0.05) is 25.4 Å². The van der Waals surface area contributed by atoms with Crippen LogP contribution in [0.3, 0.4) is 0 Å². The van der Waals surface area contributed by atoms with Crippen LogP contribution in [0.5, 0.6) is 11.5 Å². The van der Waals surface area contributed by atoms with Crippen LogP contribution in [0.2, 0.25) is 5.02 Å². The lowest BCUT2D eigenvalue weighted by Gasteiger charge is -2.14. The SMILES string of the molecule is Cc1cc(OCC(=O)Nc2cc(-c3ccc(OCC(C)C)cc3)nn2C2CCS(=O)(=O)C2)cc(C)c1Cl. The smallest absolute Gasteiger partial charge is 0.263 e. The zero-order valence-corrected chi connectivity index (χ0v) is 23.0. The molecule has 0 saturated carbocycles. The average Bonchev–Trinajstić information content (AvgIpc) is 3.42. The highest BCUT2D eigenvalue weighted by atomic mass is 35.5. The van der Waals surface area contributed by atoms with Crippen LogP contribution in [0.4, 0.5) is 5.82 Å². The molecule has 1 amide bonds. The standard InChI is InChI=1S/C27H32ClN3O5S/c1-17(2)14-35-22-7-5-20(6-8-22)24-13-25(31(30-24)21-9-10-37(33,34)16-21)29-26(32)15-36-23-11-18(3)27(28)19(4)12-23/h5-8,11-13,17,21H,9-10,14-16H2,1-4H3,(H,29,32). The highest BCUT2D eigenvalue weighted by molar-refractivity contribution is 7.91. The van der Waals surface area contributed by atoms with E-state index in [-0.39, 0.29) is 30.1 Å². The Morgan fingerprint density at radius 3 is 2.38 bits per heavy atom. The molecule has 1 unspecified atom stereocenters. The molecule has 1 aromatic heterocycles. The molecule has 1 fully saturated rings. The molecule has 2 aromatic carbocycles. The van der Waals surface area contributed by atoms with Crippen molar-refractivity contribution in [2.75, 3.05) is 30.0 Å². The lowest BCUT2D eigenvalue weighted by Crippen LogP contribution is -2.23. The molecule has 1 aliphatic rings. The van der Waals surface area contributed by atoms with E-state index < -0.39 is 9.84 Å². The summed E-state index contributed by atoms with van der Waals surface area (Å²) in [5.41, 5.74) is 3.18. The number of carbonyl (C=O) groups is 1. The van der Waals surface area contributed by atoms with Crippen molar-refractivity contribution in [2.45, 2.75) is 40.2 Å². The molecule has 2 heterocycles. The minimum absolute atomic E-state index is 0.0151. The number of sulfone groups is 1. The number of nitrogens with zero attached hydrogens (tertiary/aromatic N) is 2. The summed E-state index contributed by atoms with van der Waals surface area (Å²) in [7, 11) is -3.15. The first-order valence-corrected chi connectivity index (χ1v) is 14.4. The molecule has 0 spiro atoms. The third-order valence-corrected chi connectivity index (χ3v) is 8.42. The monoisotopic (exact) mass is 545 g/mol. The zero-order valence-electron chi connectivity index (χ0n) is 21.5. The largest absolute Gasteiger partial charge is 0.493 e. The molecule has 0 bridgehead atoms. The van der Waals surface area contributed by atoms with E-state index in [1.54, 1.807) is 22.9 Å². The fraction of sp³-hybridized carbons (Fsp3) is 0.407. The maximum atomic E-state index is 12.8. The molecule has 37 heavy (non-hydrogen) atoms. The summed E-state index contributed by atoms with van der Waals surface area (Å²) < 4.78 is 37.3. The van der Waals surface area contributed by atoms with Crippen molar-refractivity contribution in [1.29, 1.82) is 0 Å². The Morgan fingerprint density at radius 1 is 1.11 bits per heavy atom. The molecule has 10 heteroatoms. The third kappa shape index (κ3) is 6.84. The lowest BCUT2D eigenvalue weighted by atomic mass is 10.1. The maximum Gasteiger partial charge on any atom is 0.263 e. The van der Waals surface area contributed by atoms with E-state index in [4.69, 9.17) is 21.1 Å². The van der Waals surface area contributed by atoms with E-state index in [1.165, 1.54) is 0 Å². The Labute approximate surface area is 222 Å². The fourth-order valence-electron chi connectivity index (χ4n) is 4.18. The van der Waals surface area contributed by atoms with Crippen LogP contribution in [0, 0.1) is 19.8 Å². The highest BCUT2D eigenvalue weighted by Gasteiger charge is 2.32. The summed E-state index contributed by atoms with van der Waals surface area (Å²) in [6, 6.07) is 12.5. The number of hydrogen-bond acceptors (Lipinski definition) is 6. The first-order chi connectivity index (χ1) is 17.5. The molecule has 4 rings (SSSR count). The summed E-state index contributed by atoms with van der Waals surface area (Å²) in [5.74, 6) is 1.85. The Balaban J connectivity index is 1.52. The van der Waals surface area contributed by atoms with Crippen LogP contribution >= 0.6 is 11.6 Å². The van der Waals surface area contributed by atoms with Crippen LogP contribution in [0.1, 0.15) is 37.4 Å². The van der Waals surface area contributed by atoms with Crippen molar-refractivity contribution in [1.82, 2.24) is 9.78 Å². The molecule has 1 aliphatic heterocycles. The van der Waals surface area contributed by atoms with Gasteiger partial charge in [-0.25, -0.2) is 13.1 Å². The fourth-order valence-corrected chi connectivity index (χ4v) is 5.98. The van der Waals surface area contributed by atoms with Gasteiger partial charge in [0.1, 0.15) is 17.3 Å². The first-order valence-electron chi connectivity index (χ1n) is 12.2. The summed E-state index contributed by atoms with van der Waals surface area (Å²) in [4.78, 5) is 12.8. The molecule has 0 aliphatic carbocycles. The van der Waals surface area contributed by atoms with Gasteiger partial charge in [-0.3, -0.25) is 4.79 Å². The van der Waals surface area contributed by atoms with Crippen molar-refractivity contribution >= 4 is 33.2 Å². The number of aromatic nitrogens is 2. The van der Waals surface area contributed by atoms with Gasteiger partial charge in [0.05, 0.1) is 29.8 Å². The Kier molecular flexibility index (Phi) is 8.14. The van der Waals surface area contributed by atoms with Gasteiger partial charge in [-0.05, 0) is 73.7 Å². The minimum Gasteiger partial charge on any atom is -0.493 e. The molecular weight excluding hydrogens is 514 g/mol. The predicted molar refractivity (Wildman–Crippen MR) is 145 cm³/mol. The quantitative estimate of drug-likeness (QED) is 0.395. The third-order valence-electron chi connectivity index (χ3n) is 6.07. The molecule has 3 aromatic rings. The molecule has 0 radical (unpaired) electrons. The summed E-state index contributed by atoms with van der Waals surface area (Å²) in [6.45, 7) is 8.33. The predicted octanol–water partition coefficient (Wildman–Crippen LogP) is 5.23. The van der Waals surface area contributed by atoms with E-state index in [0.29, 0.717) is 41.2 Å². The second kappa shape index (κ2) is 11.1. The minimum atomic E-state index is -3.15. The number of benzene rings is 2. The highest BCUT2D eigenvalue weighted by Crippen LogP contribution is 2.31. The van der Waals surface area contributed by atoms with Gasteiger partial charge in [-0.2, -0.15) is 5.10 Å². The topological polar surface area (TPSA) is 99.5 Å². The van der Waals surface area contributed by atoms with E-state index in [1.807, 2.05) is 38.1 Å². The van der Waals surface area contributed by atoms with Gasteiger partial charge in [-0.15, -0.1) is 0 Å². The first kappa shape index (κ1) is 27.0. The van der Waals surface area contributed by atoms with Crippen molar-refractivity contribution in [3.63, 3.8) is 0 Å². The number of amides is 1. The van der Waals surface area contributed by atoms with Crippen LogP contribution in [0.25, 0.3) is 11.3 Å².